The third-order valence-corrected chi connectivity index (χ3v) is 3.72. The average molecular weight is 343 g/mol. The normalized spacial score (nSPS) is 19.9. The van der Waals surface area contributed by atoms with Gasteiger partial charge in [-0.15, -0.1) is 0 Å². The van der Waals surface area contributed by atoms with E-state index < -0.39 is 0 Å². The molecule has 0 saturated carbocycles. The summed E-state index contributed by atoms with van der Waals surface area (Å²) in [6.07, 6.45) is 3.31. The van der Waals surface area contributed by atoms with Crippen LogP contribution in [0.1, 0.15) is 33.1 Å². The maximum Gasteiger partial charge on any atom is 0.157 e. The van der Waals surface area contributed by atoms with Crippen LogP contribution >= 0.6 is 15.9 Å². The second kappa shape index (κ2) is 7.43. The molecule has 1 heterocycles. The van der Waals surface area contributed by atoms with E-state index in [9.17, 15) is 0 Å². The Labute approximate surface area is 129 Å². The highest BCUT2D eigenvalue weighted by atomic mass is 79.9. The molecule has 0 aliphatic carbocycles. The van der Waals surface area contributed by atoms with Crippen LogP contribution in [0.15, 0.2) is 28.7 Å². The Bertz CT molecular complexity index is 414. The Balaban J connectivity index is 1.75. The summed E-state index contributed by atoms with van der Waals surface area (Å²) in [5, 5.41) is 0. The van der Waals surface area contributed by atoms with Crippen LogP contribution in [0.3, 0.4) is 0 Å². The van der Waals surface area contributed by atoms with E-state index in [0.717, 1.165) is 29.7 Å². The summed E-state index contributed by atoms with van der Waals surface area (Å²) < 4.78 is 18.3. The van der Waals surface area contributed by atoms with Gasteiger partial charge in [-0.05, 0) is 37.5 Å². The predicted molar refractivity (Wildman–Crippen MR) is 83.0 cm³/mol. The highest BCUT2D eigenvalue weighted by molar-refractivity contribution is 9.10. The molecule has 0 amide bonds. The zero-order valence-corrected chi connectivity index (χ0v) is 13.8. The summed E-state index contributed by atoms with van der Waals surface area (Å²) in [6, 6.07) is 7.90. The van der Waals surface area contributed by atoms with Gasteiger partial charge in [-0.2, -0.15) is 0 Å². The van der Waals surface area contributed by atoms with Crippen LogP contribution in [0, 0.1) is 5.41 Å². The summed E-state index contributed by atoms with van der Waals surface area (Å²) in [7, 11) is 0. The number of ether oxygens (including phenoxy) is 3. The zero-order valence-electron chi connectivity index (χ0n) is 12.2. The lowest BCUT2D eigenvalue weighted by Crippen LogP contribution is -2.32. The number of benzene rings is 1. The summed E-state index contributed by atoms with van der Waals surface area (Å²) in [4.78, 5) is 0. The molecule has 3 nitrogen and oxygen atoms in total. The summed E-state index contributed by atoms with van der Waals surface area (Å²) >= 11 is 3.44. The Morgan fingerprint density at radius 1 is 1.30 bits per heavy atom. The first-order valence-electron chi connectivity index (χ1n) is 7.17. The molecule has 1 saturated heterocycles. The summed E-state index contributed by atoms with van der Waals surface area (Å²) in [6.45, 7) is 6.38. The first-order valence-corrected chi connectivity index (χ1v) is 7.96. The number of hydrogen-bond donors (Lipinski definition) is 0. The van der Waals surface area contributed by atoms with Gasteiger partial charge in [0.25, 0.3) is 0 Å². The fraction of sp³-hybridized carbons (Fsp3) is 0.625. The molecule has 0 radical (unpaired) electrons. The van der Waals surface area contributed by atoms with Crippen molar-refractivity contribution in [3.63, 3.8) is 0 Å². The van der Waals surface area contributed by atoms with Crippen LogP contribution in [-0.2, 0) is 9.47 Å². The van der Waals surface area contributed by atoms with E-state index >= 15 is 0 Å². The van der Waals surface area contributed by atoms with Gasteiger partial charge in [-0.1, -0.05) is 35.8 Å². The maximum absolute atomic E-state index is 5.85. The van der Waals surface area contributed by atoms with Gasteiger partial charge in [0.15, 0.2) is 6.29 Å². The van der Waals surface area contributed by atoms with Gasteiger partial charge in [0.05, 0.1) is 13.2 Å². The first-order chi connectivity index (χ1) is 9.55. The van der Waals surface area contributed by atoms with Gasteiger partial charge in [-0.25, -0.2) is 0 Å². The van der Waals surface area contributed by atoms with Crippen molar-refractivity contribution < 1.29 is 14.2 Å². The standard InChI is InChI=1S/C16H23BrO3/c1-16(2,12-20-15-8-3-4-9-18-15)11-19-14-7-5-6-13(17)10-14/h5-7,10,15H,3-4,8-9,11-12H2,1-2H3. The minimum absolute atomic E-state index is 0.0334. The van der Waals surface area contributed by atoms with Crippen LogP contribution in [0.4, 0.5) is 0 Å². The van der Waals surface area contributed by atoms with Gasteiger partial charge in [0, 0.05) is 16.5 Å². The second-order valence-corrected chi connectivity index (χ2v) is 6.93. The van der Waals surface area contributed by atoms with Gasteiger partial charge >= 0.3 is 0 Å². The topological polar surface area (TPSA) is 27.7 Å². The Kier molecular flexibility index (Phi) is 5.87. The molecule has 0 bridgehead atoms. The van der Waals surface area contributed by atoms with E-state index in [0.29, 0.717) is 13.2 Å². The number of halogens is 1. The highest BCUT2D eigenvalue weighted by Crippen LogP contribution is 2.23. The van der Waals surface area contributed by atoms with Crippen molar-refractivity contribution in [2.45, 2.75) is 39.4 Å². The summed E-state index contributed by atoms with van der Waals surface area (Å²) in [5.74, 6) is 0.876. The van der Waals surface area contributed by atoms with E-state index in [2.05, 4.69) is 29.8 Å². The lowest BCUT2D eigenvalue weighted by molar-refractivity contribution is -0.178. The van der Waals surface area contributed by atoms with Crippen molar-refractivity contribution in [3.8, 4) is 5.75 Å². The third kappa shape index (κ3) is 5.43. The fourth-order valence-electron chi connectivity index (χ4n) is 2.04. The SMILES string of the molecule is CC(C)(COc1cccc(Br)c1)COC1CCCCO1. The molecule has 1 fully saturated rings. The largest absolute Gasteiger partial charge is 0.493 e. The minimum Gasteiger partial charge on any atom is -0.493 e. The van der Waals surface area contributed by atoms with Crippen molar-refractivity contribution in [2.75, 3.05) is 19.8 Å². The molecule has 2 rings (SSSR count). The van der Waals surface area contributed by atoms with Crippen molar-refractivity contribution in [3.05, 3.63) is 28.7 Å². The van der Waals surface area contributed by atoms with Crippen LogP contribution in [0.2, 0.25) is 0 Å². The van der Waals surface area contributed by atoms with Crippen molar-refractivity contribution in [1.82, 2.24) is 0 Å². The average Bonchev–Trinajstić information content (AvgIpc) is 2.45. The lowest BCUT2D eigenvalue weighted by Gasteiger charge is -2.29. The van der Waals surface area contributed by atoms with Crippen LogP contribution in [0.5, 0.6) is 5.75 Å². The molecule has 1 aliphatic rings. The molecule has 112 valence electrons. The van der Waals surface area contributed by atoms with Gasteiger partial charge in [-0.3, -0.25) is 0 Å². The molecule has 20 heavy (non-hydrogen) atoms. The molecular formula is C16H23BrO3. The fourth-order valence-corrected chi connectivity index (χ4v) is 2.42. The highest BCUT2D eigenvalue weighted by Gasteiger charge is 2.23. The van der Waals surface area contributed by atoms with Gasteiger partial charge < -0.3 is 14.2 Å². The van der Waals surface area contributed by atoms with Crippen molar-refractivity contribution in [2.24, 2.45) is 5.41 Å². The molecule has 4 heteroatoms. The van der Waals surface area contributed by atoms with Gasteiger partial charge in [0.2, 0.25) is 0 Å². The van der Waals surface area contributed by atoms with E-state index in [1.54, 1.807) is 0 Å². The van der Waals surface area contributed by atoms with Crippen LogP contribution < -0.4 is 4.74 Å². The molecule has 0 aromatic heterocycles. The monoisotopic (exact) mass is 342 g/mol. The quantitative estimate of drug-likeness (QED) is 0.766. The first kappa shape index (κ1) is 15.8. The molecule has 1 unspecified atom stereocenters. The summed E-state index contributed by atoms with van der Waals surface area (Å²) in [5.41, 5.74) is -0.0386. The Hall–Kier alpha value is -0.580. The molecular weight excluding hydrogens is 320 g/mol. The zero-order chi connectivity index (χ0) is 14.4. The Morgan fingerprint density at radius 3 is 2.85 bits per heavy atom. The maximum atomic E-state index is 5.85. The minimum atomic E-state index is -0.0386. The van der Waals surface area contributed by atoms with Crippen molar-refractivity contribution >= 4 is 15.9 Å². The van der Waals surface area contributed by atoms with Crippen LogP contribution in [-0.4, -0.2) is 26.1 Å². The van der Waals surface area contributed by atoms with E-state index in [1.165, 1.54) is 6.42 Å². The molecule has 0 N–H and O–H groups in total. The molecule has 1 aliphatic heterocycles. The van der Waals surface area contributed by atoms with Crippen LogP contribution in [0.25, 0.3) is 0 Å². The van der Waals surface area contributed by atoms with E-state index in [-0.39, 0.29) is 11.7 Å². The third-order valence-electron chi connectivity index (χ3n) is 3.22. The smallest absolute Gasteiger partial charge is 0.157 e. The van der Waals surface area contributed by atoms with Gasteiger partial charge in [0.1, 0.15) is 5.75 Å². The molecule has 1 aromatic carbocycles. The van der Waals surface area contributed by atoms with E-state index in [1.807, 2.05) is 24.3 Å². The second-order valence-electron chi connectivity index (χ2n) is 6.02. The lowest BCUT2D eigenvalue weighted by atomic mass is 9.96. The number of rotatable bonds is 6. The van der Waals surface area contributed by atoms with E-state index in [4.69, 9.17) is 14.2 Å². The van der Waals surface area contributed by atoms with Crippen molar-refractivity contribution in [1.29, 1.82) is 0 Å². The molecule has 0 spiro atoms. The number of hydrogen-bond acceptors (Lipinski definition) is 3. The molecule has 1 atom stereocenters. The predicted octanol–water partition coefficient (Wildman–Crippen LogP) is 4.40. The Morgan fingerprint density at radius 2 is 2.15 bits per heavy atom. The molecule has 1 aromatic rings.